The van der Waals surface area contributed by atoms with Crippen LogP contribution in [-0.4, -0.2) is 124 Å². The van der Waals surface area contributed by atoms with Gasteiger partial charge in [0, 0.05) is 97.3 Å². The first-order valence-corrected chi connectivity index (χ1v) is 23.6. The standard InChI is InChI=1S/C40H43FN12O3.C7H15NO.C2H6.2H2/c41-32-19-29(46-33-7-10-37(54)48-40(33)55)2-8-35(32)50-13-11-49(12-14-50)30-3-5-31(6-4-30)52-24-28(23-44-52)34-25-53-39(27(20-42)22-45-53)38(47-34)26-1-9-36(43-21-26)51-15-17-56-18-16-51;1-7(2,3)5-6(9)8-4;1-2;;/h1-2,8-9,19,21-25,30-31,33,46H,3-7,10-18H2,(H,48,54,55);5H2,1-4H3,(H,8,9);1-2H3;2*1H. The van der Waals surface area contributed by atoms with Crippen molar-refractivity contribution in [3.05, 3.63) is 72.7 Å². The van der Waals surface area contributed by atoms with Gasteiger partial charge in [0.25, 0.3) is 0 Å². The summed E-state index contributed by atoms with van der Waals surface area (Å²) in [4.78, 5) is 50.9. The van der Waals surface area contributed by atoms with Gasteiger partial charge in [-0.25, -0.2) is 18.9 Å². The quantitative estimate of drug-likeness (QED) is 0.132. The Kier molecular flexibility index (Phi) is 15.8. The van der Waals surface area contributed by atoms with E-state index in [4.69, 9.17) is 19.8 Å². The molecule has 9 rings (SSSR count). The van der Waals surface area contributed by atoms with Crippen molar-refractivity contribution in [1.29, 1.82) is 5.26 Å². The molecule has 4 fully saturated rings. The number of piperidine rings is 1. The van der Waals surface area contributed by atoms with Gasteiger partial charge in [0.15, 0.2) is 0 Å². The summed E-state index contributed by atoms with van der Waals surface area (Å²) in [5, 5.41) is 27.1. The summed E-state index contributed by atoms with van der Waals surface area (Å²) in [5.41, 5.74) is 5.34. The number of ether oxygens (including phenoxy) is 1. The average Bonchev–Trinajstić information content (AvgIpc) is 4.01. The SMILES string of the molecule is CC.CNC(=O)CC(C)(C)C.N#Cc1cnn2cc(-c3cnn(C4CCC(N5CCN(c6ccc(NC7CCC(=O)NC7=O)cc6F)CC5)CC4)c3)nc(-c3ccc(N4CCOCC4)nc3)c12.[HH].[HH]. The fraction of sp³-hybridized carbons (Fsp3) is 0.510. The number of nitriles is 1. The first-order valence-electron chi connectivity index (χ1n) is 23.6. The van der Waals surface area contributed by atoms with Crippen LogP contribution in [0.5, 0.6) is 0 Å². The number of fused-ring (bicyclic) bond motifs is 1. The fourth-order valence-electron chi connectivity index (χ4n) is 9.08. The van der Waals surface area contributed by atoms with Crippen molar-refractivity contribution in [2.75, 3.05) is 74.6 Å². The fourth-order valence-corrected chi connectivity index (χ4v) is 9.08. The second kappa shape index (κ2) is 21.9. The molecule has 3 aliphatic heterocycles. The number of morpholine rings is 1. The first kappa shape index (κ1) is 48.5. The van der Waals surface area contributed by atoms with E-state index in [9.17, 15) is 19.6 Å². The van der Waals surface area contributed by atoms with Crippen molar-refractivity contribution in [2.45, 2.75) is 97.7 Å². The van der Waals surface area contributed by atoms with Crippen LogP contribution < -0.4 is 25.8 Å². The van der Waals surface area contributed by atoms with Crippen LogP contribution in [0.4, 0.5) is 21.6 Å². The van der Waals surface area contributed by atoms with E-state index in [-0.39, 0.29) is 44.3 Å². The number of hydrogen-bond acceptors (Lipinski definition) is 13. The maximum atomic E-state index is 15.3. The zero-order valence-corrected chi connectivity index (χ0v) is 39.6. The minimum atomic E-state index is -0.553. The van der Waals surface area contributed by atoms with Crippen LogP contribution in [0.2, 0.25) is 0 Å². The minimum absolute atomic E-state index is 0. The highest BCUT2D eigenvalue weighted by atomic mass is 19.1. The first-order chi connectivity index (χ1) is 32.3. The summed E-state index contributed by atoms with van der Waals surface area (Å²) in [6.45, 7) is 16.3. The molecule has 0 radical (unpaired) electrons. The number of rotatable bonds is 9. The molecule has 7 heterocycles. The van der Waals surface area contributed by atoms with Crippen LogP contribution in [0.1, 0.15) is 94.0 Å². The Hall–Kier alpha value is -6.45. The lowest BCUT2D eigenvalue weighted by molar-refractivity contribution is -0.133. The van der Waals surface area contributed by atoms with Crippen molar-refractivity contribution in [1.82, 2.24) is 44.9 Å². The predicted molar refractivity (Wildman–Crippen MR) is 260 cm³/mol. The number of halogens is 1. The van der Waals surface area contributed by atoms with Crippen LogP contribution in [0.3, 0.4) is 0 Å². The van der Waals surface area contributed by atoms with E-state index >= 15 is 4.39 Å². The van der Waals surface area contributed by atoms with E-state index in [1.165, 1.54) is 6.07 Å². The number of nitrogens with zero attached hydrogens (tertiary/aromatic N) is 10. The van der Waals surface area contributed by atoms with Gasteiger partial charge in [0.2, 0.25) is 17.7 Å². The van der Waals surface area contributed by atoms with Crippen molar-refractivity contribution in [3.63, 3.8) is 0 Å². The molecule has 1 unspecified atom stereocenters. The van der Waals surface area contributed by atoms with E-state index in [2.05, 4.69) is 52.7 Å². The van der Waals surface area contributed by atoms with Crippen LogP contribution in [0.15, 0.2) is 61.3 Å². The Balaban J connectivity index is 0.000000617. The number of benzene rings is 1. The number of hydrogen-bond donors (Lipinski definition) is 3. The van der Waals surface area contributed by atoms with E-state index in [1.54, 1.807) is 29.9 Å². The molecule has 360 valence electrons. The van der Waals surface area contributed by atoms with Gasteiger partial charge in [0.05, 0.1) is 54.9 Å². The Morgan fingerprint density at radius 3 is 2.27 bits per heavy atom. The molecule has 3 N–H and O–H groups in total. The summed E-state index contributed by atoms with van der Waals surface area (Å²) < 4.78 is 24.6. The van der Waals surface area contributed by atoms with Crippen LogP contribution >= 0.6 is 0 Å². The molecule has 4 aliphatic rings. The third-order valence-corrected chi connectivity index (χ3v) is 12.6. The molecule has 67 heavy (non-hydrogen) atoms. The van der Waals surface area contributed by atoms with Crippen LogP contribution in [-0.2, 0) is 19.1 Å². The van der Waals surface area contributed by atoms with Gasteiger partial charge in [-0.05, 0) is 67.9 Å². The van der Waals surface area contributed by atoms with Crippen molar-refractivity contribution in [2.24, 2.45) is 5.41 Å². The number of carbonyl (C=O) groups excluding carboxylic acids is 3. The molecule has 1 aromatic carbocycles. The molecule has 1 aliphatic carbocycles. The largest absolute Gasteiger partial charge is 0.378 e. The molecule has 1 saturated carbocycles. The summed E-state index contributed by atoms with van der Waals surface area (Å²) in [6, 6.07) is 11.5. The molecule has 0 spiro atoms. The third-order valence-electron chi connectivity index (χ3n) is 12.6. The maximum absolute atomic E-state index is 15.3. The lowest BCUT2D eigenvalue weighted by Crippen LogP contribution is -2.51. The van der Waals surface area contributed by atoms with Crippen LogP contribution in [0, 0.1) is 22.6 Å². The minimum Gasteiger partial charge on any atom is -0.378 e. The van der Waals surface area contributed by atoms with Crippen molar-refractivity contribution >= 4 is 40.4 Å². The Morgan fingerprint density at radius 2 is 1.64 bits per heavy atom. The second-order valence-electron chi connectivity index (χ2n) is 18.4. The van der Waals surface area contributed by atoms with Gasteiger partial charge in [0.1, 0.15) is 34.8 Å². The Labute approximate surface area is 395 Å². The van der Waals surface area contributed by atoms with E-state index < -0.39 is 6.04 Å². The number of imide groups is 1. The van der Waals surface area contributed by atoms with E-state index in [0.717, 1.165) is 81.9 Å². The van der Waals surface area contributed by atoms with Gasteiger partial charge in [-0.2, -0.15) is 15.5 Å². The van der Waals surface area contributed by atoms with Crippen LogP contribution in [0.25, 0.3) is 28.0 Å². The number of nitrogens with one attached hydrogen (secondary N) is 3. The highest BCUT2D eigenvalue weighted by molar-refractivity contribution is 6.01. The maximum Gasteiger partial charge on any atom is 0.249 e. The summed E-state index contributed by atoms with van der Waals surface area (Å²) in [5.74, 6) is 0.0180. The smallest absolute Gasteiger partial charge is 0.249 e. The van der Waals surface area contributed by atoms with Crippen molar-refractivity contribution < 1.29 is 26.4 Å². The average molecular weight is 922 g/mol. The topological polar surface area (TPSA) is 191 Å². The third kappa shape index (κ3) is 11.9. The molecule has 18 heteroatoms. The van der Waals surface area contributed by atoms with Gasteiger partial charge < -0.3 is 25.2 Å². The monoisotopic (exact) mass is 922 g/mol. The Bertz CT molecular complexity index is 2540. The van der Waals surface area contributed by atoms with E-state index in [0.29, 0.717) is 65.9 Å². The van der Waals surface area contributed by atoms with E-state index in [1.807, 2.05) is 65.3 Å². The molecular weight excluding hydrogens is 854 g/mol. The lowest BCUT2D eigenvalue weighted by atomic mass is 9.90. The second-order valence-corrected chi connectivity index (χ2v) is 18.4. The normalized spacial score (nSPS) is 20.2. The molecule has 3 amide bonds. The molecular formula is C49H68FN13O4. The van der Waals surface area contributed by atoms with Gasteiger partial charge in [-0.15, -0.1) is 0 Å². The molecule has 5 aromatic rings. The lowest BCUT2D eigenvalue weighted by Gasteiger charge is -2.42. The number of aromatic nitrogens is 6. The molecule has 0 bridgehead atoms. The predicted octanol–water partition coefficient (Wildman–Crippen LogP) is 6.71. The van der Waals surface area contributed by atoms with Crippen molar-refractivity contribution in [3.8, 4) is 28.6 Å². The highest BCUT2D eigenvalue weighted by Crippen LogP contribution is 2.35. The van der Waals surface area contributed by atoms with Gasteiger partial charge in [-0.3, -0.25) is 29.3 Å². The number of piperazine rings is 1. The molecule has 17 nitrogen and oxygen atoms in total. The summed E-state index contributed by atoms with van der Waals surface area (Å²) in [7, 11) is 1.66. The zero-order valence-electron chi connectivity index (χ0n) is 39.6. The summed E-state index contributed by atoms with van der Waals surface area (Å²) >= 11 is 0. The number of anilines is 3. The number of pyridine rings is 1. The molecule has 3 saturated heterocycles. The van der Waals surface area contributed by atoms with Gasteiger partial charge in [-0.1, -0.05) is 34.6 Å². The molecule has 1 atom stereocenters. The summed E-state index contributed by atoms with van der Waals surface area (Å²) in [6.07, 6.45) is 14.5. The number of carbonyl (C=O) groups is 3. The van der Waals surface area contributed by atoms with Gasteiger partial charge >= 0.3 is 0 Å². The number of amides is 3. The highest BCUT2D eigenvalue weighted by Gasteiger charge is 2.31. The Morgan fingerprint density at radius 1 is 0.910 bits per heavy atom. The zero-order chi connectivity index (χ0) is 47.7. The molecule has 4 aromatic heterocycles.